The summed E-state index contributed by atoms with van der Waals surface area (Å²) in [6.45, 7) is 0.0855. The predicted molar refractivity (Wildman–Crippen MR) is 82.6 cm³/mol. The molecule has 2 aromatic carbocycles. The van der Waals surface area contributed by atoms with Crippen LogP contribution in [0.2, 0.25) is 0 Å². The monoisotopic (exact) mass is 305 g/mol. The van der Waals surface area contributed by atoms with Crippen LogP contribution in [0.4, 0.5) is 0 Å². The van der Waals surface area contributed by atoms with Crippen LogP contribution in [0, 0.1) is 0 Å². The van der Waals surface area contributed by atoms with E-state index in [0.717, 1.165) is 23.6 Å². The SMILES string of the molecule is O=S(=O)(NCC1(O)CCCC1)c1ccc2ccccc2c1. The van der Waals surface area contributed by atoms with E-state index in [4.69, 9.17) is 0 Å². The van der Waals surface area contributed by atoms with Crippen LogP contribution in [0.1, 0.15) is 25.7 Å². The summed E-state index contributed by atoms with van der Waals surface area (Å²) in [6.07, 6.45) is 3.23. The smallest absolute Gasteiger partial charge is 0.240 e. The van der Waals surface area contributed by atoms with Gasteiger partial charge in [0.25, 0.3) is 0 Å². The summed E-state index contributed by atoms with van der Waals surface area (Å²) < 4.78 is 27.2. The fourth-order valence-corrected chi connectivity index (χ4v) is 4.01. The molecule has 2 aromatic rings. The van der Waals surface area contributed by atoms with Crippen molar-refractivity contribution in [3.8, 4) is 0 Å². The van der Waals surface area contributed by atoms with E-state index in [0.29, 0.717) is 12.8 Å². The Morgan fingerprint density at radius 2 is 1.71 bits per heavy atom. The van der Waals surface area contributed by atoms with Gasteiger partial charge in [-0.15, -0.1) is 0 Å². The van der Waals surface area contributed by atoms with Gasteiger partial charge in [-0.25, -0.2) is 13.1 Å². The second-order valence-corrected chi connectivity index (χ2v) is 7.53. The third-order valence-corrected chi connectivity index (χ3v) is 5.56. The van der Waals surface area contributed by atoms with Crippen LogP contribution < -0.4 is 4.72 Å². The average Bonchev–Trinajstić information content (AvgIpc) is 2.92. The van der Waals surface area contributed by atoms with Crippen molar-refractivity contribution in [3.05, 3.63) is 42.5 Å². The first-order valence-corrected chi connectivity index (χ1v) is 8.68. The van der Waals surface area contributed by atoms with E-state index in [-0.39, 0.29) is 11.4 Å². The summed E-state index contributed by atoms with van der Waals surface area (Å²) in [7, 11) is -3.59. The Bertz CT molecular complexity index is 749. The highest BCUT2D eigenvalue weighted by Gasteiger charge is 2.32. The Hall–Kier alpha value is -1.43. The molecule has 112 valence electrons. The van der Waals surface area contributed by atoms with E-state index in [2.05, 4.69) is 4.72 Å². The minimum absolute atomic E-state index is 0.0855. The van der Waals surface area contributed by atoms with Gasteiger partial charge in [0.15, 0.2) is 0 Å². The molecule has 0 saturated heterocycles. The predicted octanol–water partition coefficient (Wildman–Crippen LogP) is 2.42. The molecular formula is C16H19NO3S. The number of sulfonamides is 1. The second-order valence-electron chi connectivity index (χ2n) is 5.76. The fraction of sp³-hybridized carbons (Fsp3) is 0.375. The third-order valence-electron chi connectivity index (χ3n) is 4.16. The van der Waals surface area contributed by atoms with Crippen LogP contribution in [-0.4, -0.2) is 25.7 Å². The van der Waals surface area contributed by atoms with Crippen LogP contribution in [0.3, 0.4) is 0 Å². The Morgan fingerprint density at radius 3 is 2.43 bits per heavy atom. The second kappa shape index (κ2) is 5.40. The molecule has 1 aliphatic rings. The highest BCUT2D eigenvalue weighted by molar-refractivity contribution is 7.89. The maximum Gasteiger partial charge on any atom is 0.240 e. The summed E-state index contributed by atoms with van der Waals surface area (Å²) >= 11 is 0. The molecule has 1 fully saturated rings. The molecule has 0 unspecified atom stereocenters. The molecule has 2 N–H and O–H groups in total. The van der Waals surface area contributed by atoms with Crippen molar-refractivity contribution < 1.29 is 13.5 Å². The van der Waals surface area contributed by atoms with Gasteiger partial charge < -0.3 is 5.11 Å². The largest absolute Gasteiger partial charge is 0.389 e. The zero-order chi connectivity index (χ0) is 14.9. The quantitative estimate of drug-likeness (QED) is 0.911. The van der Waals surface area contributed by atoms with Gasteiger partial charge in [-0.1, -0.05) is 43.2 Å². The van der Waals surface area contributed by atoms with Gasteiger partial charge in [-0.05, 0) is 35.7 Å². The van der Waals surface area contributed by atoms with E-state index >= 15 is 0 Å². The lowest BCUT2D eigenvalue weighted by molar-refractivity contribution is 0.0532. The molecule has 1 aliphatic carbocycles. The molecule has 21 heavy (non-hydrogen) atoms. The van der Waals surface area contributed by atoms with Crippen LogP contribution in [-0.2, 0) is 10.0 Å². The van der Waals surface area contributed by atoms with Gasteiger partial charge in [-0.3, -0.25) is 0 Å². The van der Waals surface area contributed by atoms with Crippen molar-refractivity contribution in [2.24, 2.45) is 0 Å². The first-order valence-electron chi connectivity index (χ1n) is 7.19. The standard InChI is InChI=1S/C16H19NO3S/c18-16(9-3-4-10-16)12-17-21(19,20)15-8-7-13-5-1-2-6-14(13)11-15/h1-2,5-8,11,17-18H,3-4,9-10,12H2. The van der Waals surface area contributed by atoms with E-state index in [9.17, 15) is 13.5 Å². The van der Waals surface area contributed by atoms with Crippen molar-refractivity contribution in [1.29, 1.82) is 0 Å². The number of rotatable bonds is 4. The molecule has 0 radical (unpaired) electrons. The molecule has 0 atom stereocenters. The molecule has 4 nitrogen and oxygen atoms in total. The topological polar surface area (TPSA) is 66.4 Å². The minimum Gasteiger partial charge on any atom is -0.389 e. The maximum absolute atomic E-state index is 12.4. The normalized spacial score (nSPS) is 18.1. The Labute approximate surface area is 124 Å². The molecular weight excluding hydrogens is 286 g/mol. The van der Waals surface area contributed by atoms with Crippen molar-refractivity contribution in [2.75, 3.05) is 6.54 Å². The van der Waals surface area contributed by atoms with E-state index in [1.807, 2.05) is 24.3 Å². The lowest BCUT2D eigenvalue weighted by Crippen LogP contribution is -2.40. The summed E-state index contributed by atoms with van der Waals surface area (Å²) in [5.41, 5.74) is -0.885. The fourth-order valence-electron chi connectivity index (χ4n) is 2.86. The van der Waals surface area contributed by atoms with Crippen molar-refractivity contribution >= 4 is 20.8 Å². The van der Waals surface area contributed by atoms with Crippen LogP contribution in [0.25, 0.3) is 10.8 Å². The number of benzene rings is 2. The highest BCUT2D eigenvalue weighted by atomic mass is 32.2. The summed E-state index contributed by atoms with van der Waals surface area (Å²) in [6, 6.07) is 12.7. The van der Waals surface area contributed by atoms with Crippen LogP contribution in [0.5, 0.6) is 0 Å². The molecule has 0 amide bonds. The molecule has 0 spiro atoms. The molecule has 3 rings (SSSR count). The molecule has 5 heteroatoms. The first kappa shape index (κ1) is 14.5. The van der Waals surface area contributed by atoms with Gasteiger partial charge in [0.2, 0.25) is 10.0 Å². The van der Waals surface area contributed by atoms with Crippen molar-refractivity contribution in [1.82, 2.24) is 4.72 Å². The molecule has 0 bridgehead atoms. The van der Waals surface area contributed by atoms with Gasteiger partial charge in [0.1, 0.15) is 0 Å². The van der Waals surface area contributed by atoms with Gasteiger partial charge in [0.05, 0.1) is 10.5 Å². The lowest BCUT2D eigenvalue weighted by atomic mass is 10.0. The number of hydrogen-bond donors (Lipinski definition) is 2. The van der Waals surface area contributed by atoms with Crippen LogP contribution in [0.15, 0.2) is 47.4 Å². The van der Waals surface area contributed by atoms with Crippen molar-refractivity contribution in [2.45, 2.75) is 36.2 Å². The first-order chi connectivity index (χ1) is 9.99. The Balaban J connectivity index is 1.82. The Kier molecular flexibility index (Phi) is 3.73. The molecule has 0 aliphatic heterocycles. The zero-order valence-corrected chi connectivity index (χ0v) is 12.6. The average molecular weight is 305 g/mol. The highest BCUT2D eigenvalue weighted by Crippen LogP contribution is 2.29. The summed E-state index contributed by atoms with van der Waals surface area (Å²) in [4.78, 5) is 0.239. The number of nitrogens with one attached hydrogen (secondary N) is 1. The summed E-state index contributed by atoms with van der Waals surface area (Å²) in [5, 5.41) is 12.1. The third kappa shape index (κ3) is 3.10. The van der Waals surface area contributed by atoms with Gasteiger partial charge >= 0.3 is 0 Å². The zero-order valence-electron chi connectivity index (χ0n) is 11.7. The molecule has 0 aromatic heterocycles. The molecule has 0 heterocycles. The van der Waals surface area contributed by atoms with Crippen molar-refractivity contribution in [3.63, 3.8) is 0 Å². The lowest BCUT2D eigenvalue weighted by Gasteiger charge is -2.22. The maximum atomic E-state index is 12.4. The minimum atomic E-state index is -3.59. The Morgan fingerprint density at radius 1 is 1.05 bits per heavy atom. The molecule has 1 saturated carbocycles. The van der Waals surface area contributed by atoms with E-state index in [1.54, 1.807) is 18.2 Å². The van der Waals surface area contributed by atoms with E-state index in [1.165, 1.54) is 0 Å². The van der Waals surface area contributed by atoms with Gasteiger partial charge in [-0.2, -0.15) is 0 Å². The van der Waals surface area contributed by atoms with E-state index < -0.39 is 15.6 Å². The van der Waals surface area contributed by atoms with Crippen LogP contribution >= 0.6 is 0 Å². The number of aliphatic hydroxyl groups is 1. The number of hydrogen-bond acceptors (Lipinski definition) is 3. The summed E-state index contributed by atoms with van der Waals surface area (Å²) in [5.74, 6) is 0. The number of fused-ring (bicyclic) bond motifs is 1. The van der Waals surface area contributed by atoms with Gasteiger partial charge in [0, 0.05) is 6.54 Å².